The van der Waals surface area contributed by atoms with Crippen molar-refractivity contribution >= 4 is 0 Å². The second kappa shape index (κ2) is 8.97. The first-order chi connectivity index (χ1) is 5.33. The molecule has 0 spiro atoms. The molecule has 3 heteroatoms. The quantitative estimate of drug-likeness (QED) is 0.568. The van der Waals surface area contributed by atoms with Crippen LogP contribution in [0.25, 0.3) is 0 Å². The van der Waals surface area contributed by atoms with Crippen LogP contribution in [0.3, 0.4) is 0 Å². The van der Waals surface area contributed by atoms with Crippen LogP contribution in [0.15, 0.2) is 0 Å². The zero-order valence-corrected chi connectivity index (χ0v) is 7.29. The zero-order chi connectivity index (χ0) is 8.69. The van der Waals surface area contributed by atoms with Crippen molar-refractivity contribution in [3.05, 3.63) is 0 Å². The molecule has 0 amide bonds. The minimum atomic E-state index is 0. The molecule has 1 saturated carbocycles. The van der Waals surface area contributed by atoms with Gasteiger partial charge in [0.05, 0.1) is 0 Å². The van der Waals surface area contributed by atoms with Crippen LogP contribution >= 0.6 is 0 Å². The van der Waals surface area contributed by atoms with Crippen molar-refractivity contribution < 1.29 is 7.96 Å². The zero-order valence-electron chi connectivity index (χ0n) is 7.29. The number of hydrogen-bond acceptors (Lipinski definition) is 3. The van der Waals surface area contributed by atoms with E-state index in [1.54, 1.807) is 0 Å². The third kappa shape index (κ3) is 5.52. The number of nitrogens with two attached hydrogens (primary N) is 2. The largest absolute Gasteiger partial charge is 0.400 e. The third-order valence-corrected chi connectivity index (χ3v) is 2.16. The van der Waals surface area contributed by atoms with Gasteiger partial charge in [0, 0.05) is 16.0 Å². The van der Waals surface area contributed by atoms with Crippen molar-refractivity contribution in [1.29, 1.82) is 0 Å². The van der Waals surface area contributed by atoms with Crippen LogP contribution in [-0.2, 0) is 0 Å². The van der Waals surface area contributed by atoms with Crippen LogP contribution in [0.1, 0.15) is 36.0 Å². The monoisotopic (exact) mass is 180 g/mol. The van der Waals surface area contributed by atoms with Crippen LogP contribution in [0, 0.1) is 5.92 Å². The Morgan fingerprint density at radius 2 is 2.00 bits per heavy atom. The highest BCUT2D eigenvalue weighted by atomic mass is 16.2. The summed E-state index contributed by atoms with van der Waals surface area (Å²) in [6.45, 7) is 0.827. The van der Waals surface area contributed by atoms with Crippen molar-refractivity contribution in [1.82, 2.24) is 0 Å². The highest BCUT2D eigenvalue weighted by Crippen LogP contribution is 2.21. The summed E-state index contributed by atoms with van der Waals surface area (Å²) in [4.78, 5) is 0. The van der Waals surface area contributed by atoms with Crippen molar-refractivity contribution in [2.75, 3.05) is 13.7 Å². The first-order valence-electron chi connectivity index (χ1n) is 4.23. The summed E-state index contributed by atoms with van der Waals surface area (Å²) >= 11 is 0. The van der Waals surface area contributed by atoms with E-state index in [1.165, 1.54) is 19.3 Å². The van der Waals surface area contributed by atoms with Gasteiger partial charge in [0.2, 0.25) is 0 Å². The van der Waals surface area contributed by atoms with Crippen LogP contribution in [0.2, 0.25) is 0 Å². The minimum absolute atomic E-state index is 0. The Morgan fingerprint density at radius 3 is 2.33 bits per heavy atom. The molecule has 0 heterocycles. The molecule has 0 aliphatic heterocycles. The molecule has 0 radical (unpaired) electrons. The fraction of sp³-hybridized carbons (Fsp3) is 1.00. The molecule has 12 heavy (non-hydrogen) atoms. The van der Waals surface area contributed by atoms with Gasteiger partial charge in [-0.25, -0.2) is 0 Å². The molecule has 1 aliphatic carbocycles. The first kappa shape index (κ1) is 14.4. The Hall–Kier alpha value is -0.120. The summed E-state index contributed by atoms with van der Waals surface area (Å²) < 4.78 is 0. The van der Waals surface area contributed by atoms with Crippen molar-refractivity contribution in [3.8, 4) is 0 Å². The van der Waals surface area contributed by atoms with Crippen molar-refractivity contribution in [2.45, 2.75) is 39.2 Å². The Morgan fingerprint density at radius 1 is 1.42 bits per heavy atom. The SMILES string of the molecule is C.CO.NCC1CCCC(N)C1.[HH].[HH]. The second-order valence-corrected chi connectivity index (χ2v) is 3.03. The van der Waals surface area contributed by atoms with Gasteiger partial charge in [0.25, 0.3) is 0 Å². The molecule has 2 unspecified atom stereocenters. The smallest absolute Gasteiger partial charge is 0.0319 e. The first-order valence-corrected chi connectivity index (χ1v) is 4.23. The molecule has 1 aliphatic rings. The summed E-state index contributed by atoms with van der Waals surface area (Å²) in [6.07, 6.45) is 4.93. The Labute approximate surface area is 79.1 Å². The molecule has 1 fully saturated rings. The van der Waals surface area contributed by atoms with Crippen LogP contribution in [0.5, 0.6) is 0 Å². The third-order valence-electron chi connectivity index (χ3n) is 2.16. The summed E-state index contributed by atoms with van der Waals surface area (Å²) in [6, 6.07) is 0.437. The molecule has 5 N–H and O–H groups in total. The van der Waals surface area contributed by atoms with Gasteiger partial charge in [-0.15, -0.1) is 0 Å². The molecule has 0 bridgehead atoms. The fourth-order valence-corrected chi connectivity index (χ4v) is 1.55. The van der Waals surface area contributed by atoms with E-state index in [0.717, 1.165) is 20.1 Å². The van der Waals surface area contributed by atoms with E-state index in [0.29, 0.717) is 12.0 Å². The highest BCUT2D eigenvalue weighted by molar-refractivity contribution is 4.74. The van der Waals surface area contributed by atoms with Gasteiger partial charge in [0.1, 0.15) is 0 Å². The molecule has 2 atom stereocenters. The maximum Gasteiger partial charge on any atom is 0.0319 e. The van der Waals surface area contributed by atoms with Gasteiger partial charge in [-0.3, -0.25) is 0 Å². The van der Waals surface area contributed by atoms with E-state index in [-0.39, 0.29) is 10.3 Å². The number of aliphatic hydroxyl groups is 1. The summed E-state index contributed by atoms with van der Waals surface area (Å²) in [5.41, 5.74) is 11.3. The summed E-state index contributed by atoms with van der Waals surface area (Å²) in [7, 11) is 1.00. The molecule has 1 rings (SSSR count). The van der Waals surface area contributed by atoms with E-state index < -0.39 is 0 Å². The van der Waals surface area contributed by atoms with Gasteiger partial charge in [-0.05, 0) is 31.7 Å². The molecule has 0 aromatic heterocycles. The van der Waals surface area contributed by atoms with Crippen LogP contribution < -0.4 is 11.5 Å². The average molecular weight is 180 g/mol. The predicted molar refractivity (Wildman–Crippen MR) is 58.1 cm³/mol. The van der Waals surface area contributed by atoms with E-state index >= 15 is 0 Å². The van der Waals surface area contributed by atoms with Gasteiger partial charge in [0.15, 0.2) is 0 Å². The molecule has 0 aromatic carbocycles. The number of aliphatic hydroxyl groups excluding tert-OH is 1. The lowest BCUT2D eigenvalue weighted by atomic mass is 9.86. The maximum atomic E-state index is 7.00. The Bertz CT molecular complexity index is 96.9. The van der Waals surface area contributed by atoms with Gasteiger partial charge >= 0.3 is 0 Å². The summed E-state index contributed by atoms with van der Waals surface area (Å²) in [5.74, 6) is 0.716. The molecule has 3 nitrogen and oxygen atoms in total. The normalized spacial score (nSPS) is 28.0. The van der Waals surface area contributed by atoms with E-state index in [9.17, 15) is 0 Å². The lowest BCUT2D eigenvalue weighted by Crippen LogP contribution is -2.31. The second-order valence-electron chi connectivity index (χ2n) is 3.03. The van der Waals surface area contributed by atoms with Crippen molar-refractivity contribution in [3.63, 3.8) is 0 Å². The topological polar surface area (TPSA) is 72.3 Å². The Balaban J connectivity index is -0.0000000942. The molecule has 80 valence electrons. The summed E-state index contributed by atoms with van der Waals surface area (Å²) in [5, 5.41) is 7.00. The molecular weight excluding hydrogens is 152 g/mol. The van der Waals surface area contributed by atoms with Gasteiger partial charge < -0.3 is 16.6 Å². The standard InChI is InChI=1S/C7H16N2.CH4O.CH4.2H2/c8-5-6-2-1-3-7(9)4-6;1-2;;;/h6-7H,1-5,8-9H2;2H,1H3;1H4;2*1H. The number of rotatable bonds is 1. The fourth-order valence-electron chi connectivity index (χ4n) is 1.55. The molecule has 0 saturated heterocycles. The van der Waals surface area contributed by atoms with Gasteiger partial charge in [-0.2, -0.15) is 0 Å². The van der Waals surface area contributed by atoms with E-state index in [1.807, 2.05) is 0 Å². The van der Waals surface area contributed by atoms with Crippen LogP contribution in [0.4, 0.5) is 0 Å². The van der Waals surface area contributed by atoms with Crippen molar-refractivity contribution in [2.24, 2.45) is 17.4 Å². The van der Waals surface area contributed by atoms with Crippen LogP contribution in [-0.4, -0.2) is 24.8 Å². The molecular formula is C9H28N2O. The van der Waals surface area contributed by atoms with E-state index in [2.05, 4.69) is 0 Å². The average Bonchev–Trinajstić information content (AvgIpc) is 2.08. The maximum absolute atomic E-state index is 7.00. The number of hydrogen-bond donors (Lipinski definition) is 3. The molecule has 0 aromatic rings. The Kier molecular flexibility index (Phi) is 10.8. The lowest BCUT2D eigenvalue weighted by Gasteiger charge is -2.24. The lowest BCUT2D eigenvalue weighted by molar-refractivity contribution is 0.329. The predicted octanol–water partition coefficient (Wildman–Crippen LogP) is 1.20. The highest BCUT2D eigenvalue weighted by Gasteiger charge is 2.16. The minimum Gasteiger partial charge on any atom is -0.400 e. The van der Waals surface area contributed by atoms with Gasteiger partial charge in [-0.1, -0.05) is 13.8 Å². The van der Waals surface area contributed by atoms with E-state index in [4.69, 9.17) is 16.6 Å².